The van der Waals surface area contributed by atoms with E-state index in [-0.39, 0.29) is 17.8 Å². The summed E-state index contributed by atoms with van der Waals surface area (Å²) in [7, 11) is 0. The van der Waals surface area contributed by atoms with Crippen molar-refractivity contribution < 1.29 is 14.6 Å². The van der Waals surface area contributed by atoms with Gasteiger partial charge >= 0.3 is 5.97 Å². The molecule has 0 radical (unpaired) electrons. The molecule has 0 aromatic carbocycles. The predicted octanol–water partition coefficient (Wildman–Crippen LogP) is 0.709. The lowest BCUT2D eigenvalue weighted by molar-refractivity contribution is -0.156. The smallest absolute Gasteiger partial charge is 0.309 e. The minimum atomic E-state index is -0.598. The lowest BCUT2D eigenvalue weighted by Crippen LogP contribution is -2.45. The Hall–Kier alpha value is -0.570. The molecule has 1 saturated heterocycles. The van der Waals surface area contributed by atoms with E-state index in [0.717, 1.165) is 6.42 Å². The van der Waals surface area contributed by atoms with E-state index >= 15 is 0 Å². The summed E-state index contributed by atoms with van der Waals surface area (Å²) < 4.78 is 5.17. The van der Waals surface area contributed by atoms with Gasteiger partial charge in [-0.3, -0.25) is 4.79 Å². The number of rotatable bonds is 0. The number of aliphatic hydroxyl groups excluding tert-OH is 1. The van der Waals surface area contributed by atoms with E-state index in [4.69, 9.17) is 4.74 Å². The first-order chi connectivity index (χ1) is 5.53. The maximum atomic E-state index is 11.2. The third-order valence-corrected chi connectivity index (χ3v) is 3.14. The molecule has 68 valence electrons. The molecule has 1 heterocycles. The van der Waals surface area contributed by atoms with E-state index in [0.29, 0.717) is 6.42 Å². The van der Waals surface area contributed by atoms with Crippen LogP contribution in [0.4, 0.5) is 0 Å². The maximum Gasteiger partial charge on any atom is 0.309 e. The molecule has 1 aliphatic heterocycles. The van der Waals surface area contributed by atoms with Crippen LogP contribution >= 0.6 is 0 Å². The Balaban J connectivity index is 2.29. The fraction of sp³-hybridized carbons (Fsp3) is 0.889. The fourth-order valence-electron chi connectivity index (χ4n) is 2.47. The first-order valence-corrected chi connectivity index (χ1v) is 4.44. The first kappa shape index (κ1) is 8.05. The molecular weight excluding hydrogens is 156 g/mol. The molecule has 1 N–H and O–H groups in total. The Morgan fingerprint density at radius 3 is 3.00 bits per heavy atom. The second-order valence-electron chi connectivity index (χ2n) is 4.29. The van der Waals surface area contributed by atoms with Gasteiger partial charge < -0.3 is 9.84 Å². The van der Waals surface area contributed by atoms with Crippen molar-refractivity contribution in [2.75, 3.05) is 0 Å². The van der Waals surface area contributed by atoms with Gasteiger partial charge in [0.2, 0.25) is 0 Å². The van der Waals surface area contributed by atoms with Crippen LogP contribution in [0.5, 0.6) is 0 Å². The molecule has 0 aromatic rings. The van der Waals surface area contributed by atoms with Crippen LogP contribution in [0.1, 0.15) is 26.7 Å². The van der Waals surface area contributed by atoms with Crippen molar-refractivity contribution in [1.29, 1.82) is 0 Å². The summed E-state index contributed by atoms with van der Waals surface area (Å²) >= 11 is 0. The fourth-order valence-corrected chi connectivity index (χ4v) is 2.47. The molecule has 2 rings (SSSR count). The van der Waals surface area contributed by atoms with Crippen molar-refractivity contribution in [1.82, 2.24) is 0 Å². The van der Waals surface area contributed by atoms with Crippen LogP contribution in [0.25, 0.3) is 0 Å². The molecule has 4 unspecified atom stereocenters. The summed E-state index contributed by atoms with van der Waals surface area (Å²) in [5.41, 5.74) is -0.598. The average Bonchev–Trinajstić information content (AvgIpc) is 2.22. The monoisotopic (exact) mass is 170 g/mol. The van der Waals surface area contributed by atoms with E-state index in [1.54, 1.807) is 0 Å². The molecule has 0 spiro atoms. The van der Waals surface area contributed by atoms with Gasteiger partial charge in [0.1, 0.15) is 5.60 Å². The quantitative estimate of drug-likeness (QED) is 0.544. The maximum absolute atomic E-state index is 11.2. The summed E-state index contributed by atoms with van der Waals surface area (Å²) in [6, 6.07) is 0. The number of carbonyl (C=O) groups is 1. The molecule has 1 saturated carbocycles. The molecular formula is C9H14O3. The van der Waals surface area contributed by atoms with E-state index < -0.39 is 11.7 Å². The number of carbonyl (C=O) groups excluding carboxylic acids is 1. The van der Waals surface area contributed by atoms with Gasteiger partial charge in [-0.05, 0) is 19.3 Å². The topological polar surface area (TPSA) is 46.5 Å². The molecule has 3 nitrogen and oxygen atoms in total. The summed E-state index contributed by atoms with van der Waals surface area (Å²) in [5.74, 6) is 0.0921. The Morgan fingerprint density at radius 2 is 2.33 bits per heavy atom. The van der Waals surface area contributed by atoms with Gasteiger partial charge in [0, 0.05) is 6.42 Å². The summed E-state index contributed by atoms with van der Waals surface area (Å²) in [4.78, 5) is 11.2. The average molecular weight is 170 g/mol. The van der Waals surface area contributed by atoms with Crippen molar-refractivity contribution >= 4 is 5.97 Å². The van der Waals surface area contributed by atoms with Gasteiger partial charge in [0.15, 0.2) is 0 Å². The van der Waals surface area contributed by atoms with Crippen LogP contribution in [-0.2, 0) is 9.53 Å². The number of hydrogen-bond donors (Lipinski definition) is 1. The summed E-state index contributed by atoms with van der Waals surface area (Å²) in [5, 5.41) is 9.76. The molecule has 3 heteroatoms. The minimum Gasteiger partial charge on any atom is -0.456 e. The number of hydrogen-bond acceptors (Lipinski definition) is 3. The molecule has 1 aliphatic carbocycles. The molecule has 0 amide bonds. The van der Waals surface area contributed by atoms with Crippen LogP contribution < -0.4 is 0 Å². The number of aliphatic hydroxyl groups is 1. The summed E-state index contributed by atoms with van der Waals surface area (Å²) in [6.07, 6.45) is 0.979. The van der Waals surface area contributed by atoms with Crippen LogP contribution in [0, 0.1) is 11.8 Å². The Kier molecular flexibility index (Phi) is 1.49. The van der Waals surface area contributed by atoms with E-state index in [2.05, 4.69) is 0 Å². The van der Waals surface area contributed by atoms with Crippen molar-refractivity contribution in [3.63, 3.8) is 0 Å². The Morgan fingerprint density at radius 1 is 1.67 bits per heavy atom. The van der Waals surface area contributed by atoms with Crippen LogP contribution in [0.3, 0.4) is 0 Å². The lowest BCUT2D eigenvalue weighted by atomic mass is 9.74. The van der Waals surface area contributed by atoms with Gasteiger partial charge in [-0.1, -0.05) is 6.92 Å². The van der Waals surface area contributed by atoms with Crippen LogP contribution in [0.2, 0.25) is 0 Å². The predicted molar refractivity (Wildman–Crippen MR) is 42.4 cm³/mol. The van der Waals surface area contributed by atoms with Crippen molar-refractivity contribution in [3.05, 3.63) is 0 Å². The molecule has 4 atom stereocenters. The van der Waals surface area contributed by atoms with Crippen molar-refractivity contribution in [2.45, 2.75) is 38.4 Å². The van der Waals surface area contributed by atoms with E-state index in [9.17, 15) is 9.90 Å². The number of ether oxygens (including phenoxy) is 1. The Bertz CT molecular complexity index is 226. The lowest BCUT2D eigenvalue weighted by Gasteiger charge is -2.35. The molecule has 2 fully saturated rings. The van der Waals surface area contributed by atoms with Crippen molar-refractivity contribution in [2.24, 2.45) is 11.8 Å². The zero-order valence-electron chi connectivity index (χ0n) is 7.41. The zero-order chi connectivity index (χ0) is 8.93. The standard InChI is InChI=1S/C9H14O3/c1-5-3-6-4-9(2,7(5)10)12-8(6)11/h5-7,10H,3-4H2,1-2H3. The van der Waals surface area contributed by atoms with Gasteiger partial charge in [-0.25, -0.2) is 0 Å². The van der Waals surface area contributed by atoms with Gasteiger partial charge in [0.05, 0.1) is 12.0 Å². The van der Waals surface area contributed by atoms with E-state index in [1.807, 2.05) is 13.8 Å². The highest BCUT2D eigenvalue weighted by Gasteiger charge is 2.54. The molecule has 2 aliphatic rings. The second kappa shape index (κ2) is 2.22. The molecule has 2 bridgehead atoms. The van der Waals surface area contributed by atoms with Crippen LogP contribution in [-0.4, -0.2) is 22.8 Å². The van der Waals surface area contributed by atoms with Crippen molar-refractivity contribution in [3.8, 4) is 0 Å². The Labute approximate surface area is 71.7 Å². The first-order valence-electron chi connectivity index (χ1n) is 4.44. The largest absolute Gasteiger partial charge is 0.456 e. The number of fused-ring (bicyclic) bond motifs is 2. The highest BCUT2D eigenvalue weighted by atomic mass is 16.6. The zero-order valence-corrected chi connectivity index (χ0v) is 7.41. The summed E-state index contributed by atoms with van der Waals surface area (Å²) in [6.45, 7) is 3.79. The van der Waals surface area contributed by atoms with Gasteiger partial charge in [0.25, 0.3) is 0 Å². The second-order valence-corrected chi connectivity index (χ2v) is 4.29. The minimum absolute atomic E-state index is 0.0356. The van der Waals surface area contributed by atoms with Crippen LogP contribution in [0.15, 0.2) is 0 Å². The number of esters is 1. The highest BCUT2D eigenvalue weighted by Crippen LogP contribution is 2.44. The van der Waals surface area contributed by atoms with Gasteiger partial charge in [-0.2, -0.15) is 0 Å². The molecule has 0 aromatic heterocycles. The van der Waals surface area contributed by atoms with E-state index in [1.165, 1.54) is 0 Å². The third-order valence-electron chi connectivity index (χ3n) is 3.14. The highest BCUT2D eigenvalue weighted by molar-refractivity contribution is 5.76. The molecule has 12 heavy (non-hydrogen) atoms. The third kappa shape index (κ3) is 0.891. The SMILES string of the molecule is CC1CC2CC(C)(OC2=O)C1O. The normalized spacial score (nSPS) is 52.2. The van der Waals surface area contributed by atoms with Gasteiger partial charge in [-0.15, -0.1) is 0 Å².